The van der Waals surface area contributed by atoms with Crippen LogP contribution >= 0.6 is 0 Å². The molecule has 0 fully saturated rings. The van der Waals surface area contributed by atoms with Crippen LogP contribution in [0.15, 0.2) is 0 Å². The van der Waals surface area contributed by atoms with Gasteiger partial charge < -0.3 is 9.47 Å². The average Bonchev–Trinajstić information content (AvgIpc) is 2.22. The number of hydrogen-bond acceptors (Lipinski definition) is 6. The van der Waals surface area contributed by atoms with Crippen molar-refractivity contribution in [2.24, 2.45) is 5.92 Å². The Morgan fingerprint density at radius 1 is 1.20 bits per heavy atom. The summed E-state index contributed by atoms with van der Waals surface area (Å²) in [5, 5.41) is 0. The summed E-state index contributed by atoms with van der Waals surface area (Å²) in [6.45, 7) is 8.41. The van der Waals surface area contributed by atoms with Crippen LogP contribution in [0.4, 0.5) is 0 Å². The van der Waals surface area contributed by atoms with E-state index in [9.17, 15) is 18.0 Å². The van der Waals surface area contributed by atoms with Crippen molar-refractivity contribution < 1.29 is 27.5 Å². The van der Waals surface area contributed by atoms with Crippen molar-refractivity contribution in [1.29, 1.82) is 0 Å². The molecule has 0 aromatic heterocycles. The molecule has 7 nitrogen and oxygen atoms in total. The normalized spacial score (nSPS) is 13.9. The fourth-order valence-electron chi connectivity index (χ4n) is 1.27. The predicted octanol–water partition coefficient (Wildman–Crippen LogP) is 0.445. The van der Waals surface area contributed by atoms with Crippen molar-refractivity contribution in [2.75, 3.05) is 12.9 Å². The average molecular weight is 309 g/mol. The summed E-state index contributed by atoms with van der Waals surface area (Å²) in [7, 11) is -2.87. The minimum Gasteiger partial charge on any atom is -0.468 e. The van der Waals surface area contributed by atoms with Crippen LogP contribution < -0.4 is 4.72 Å². The van der Waals surface area contributed by atoms with Crippen LogP contribution in [0.25, 0.3) is 0 Å². The van der Waals surface area contributed by atoms with Gasteiger partial charge in [-0.3, -0.25) is 9.59 Å². The molecule has 1 atom stereocenters. The second kappa shape index (κ2) is 7.03. The van der Waals surface area contributed by atoms with Crippen molar-refractivity contribution in [3.8, 4) is 0 Å². The Morgan fingerprint density at radius 3 is 2.05 bits per heavy atom. The van der Waals surface area contributed by atoms with E-state index in [-0.39, 0.29) is 5.92 Å². The van der Waals surface area contributed by atoms with Gasteiger partial charge in [0.05, 0.1) is 7.11 Å². The summed E-state index contributed by atoms with van der Waals surface area (Å²) in [6.07, 6.45) is 0. The van der Waals surface area contributed by atoms with E-state index in [0.717, 1.165) is 7.11 Å². The van der Waals surface area contributed by atoms with Gasteiger partial charge in [0, 0.05) is 0 Å². The molecule has 0 amide bonds. The summed E-state index contributed by atoms with van der Waals surface area (Å²) < 4.78 is 35.2. The van der Waals surface area contributed by atoms with Gasteiger partial charge in [-0.15, -0.1) is 0 Å². The Labute approximate surface area is 120 Å². The molecule has 1 N–H and O–H groups in total. The maximum atomic E-state index is 12.0. The van der Waals surface area contributed by atoms with E-state index in [1.165, 1.54) is 0 Å². The first-order chi connectivity index (χ1) is 8.88. The number of methoxy groups -OCH3 is 1. The van der Waals surface area contributed by atoms with Gasteiger partial charge in [-0.2, -0.15) is 0 Å². The molecule has 0 aromatic carbocycles. The predicted molar refractivity (Wildman–Crippen MR) is 73.4 cm³/mol. The van der Waals surface area contributed by atoms with Crippen LogP contribution in [0.1, 0.15) is 34.6 Å². The van der Waals surface area contributed by atoms with Crippen molar-refractivity contribution >= 4 is 22.0 Å². The minimum atomic E-state index is -3.96. The Kier molecular flexibility index (Phi) is 6.63. The van der Waals surface area contributed by atoms with Gasteiger partial charge in [0.2, 0.25) is 10.0 Å². The topological polar surface area (TPSA) is 98.8 Å². The van der Waals surface area contributed by atoms with E-state index in [4.69, 9.17) is 4.74 Å². The molecule has 0 aromatic rings. The smallest absolute Gasteiger partial charge is 0.324 e. The molecule has 0 saturated heterocycles. The summed E-state index contributed by atoms with van der Waals surface area (Å²) in [5.74, 6) is -2.74. The number of nitrogens with one attached hydrogen (secondary N) is 1. The van der Waals surface area contributed by atoms with Gasteiger partial charge in [-0.05, 0) is 26.7 Å². The Morgan fingerprint density at radius 2 is 1.70 bits per heavy atom. The molecule has 0 heterocycles. The lowest BCUT2D eigenvalue weighted by Crippen LogP contribution is -2.48. The fraction of sp³-hybridized carbons (Fsp3) is 0.833. The number of esters is 2. The lowest BCUT2D eigenvalue weighted by Gasteiger charge is -2.26. The maximum Gasteiger partial charge on any atom is 0.324 e. The highest BCUT2D eigenvalue weighted by molar-refractivity contribution is 7.90. The standard InChI is InChI=1S/C12H23NO6S/c1-8(2)10(11(15)19-12(3,4)5)13-20(16,17)7-9(14)18-6/h8,10,13H,7H2,1-6H3/t10-/m1/s1. The van der Waals surface area contributed by atoms with Gasteiger partial charge in [-0.1, -0.05) is 13.8 Å². The quantitative estimate of drug-likeness (QED) is 0.715. The monoisotopic (exact) mass is 309 g/mol. The molecule has 0 aliphatic carbocycles. The van der Waals surface area contributed by atoms with Gasteiger partial charge in [0.1, 0.15) is 11.6 Å². The van der Waals surface area contributed by atoms with Gasteiger partial charge in [0.25, 0.3) is 0 Å². The molecule has 0 saturated carbocycles. The lowest BCUT2D eigenvalue weighted by atomic mass is 10.1. The highest BCUT2D eigenvalue weighted by Gasteiger charge is 2.32. The zero-order valence-electron chi connectivity index (χ0n) is 12.7. The summed E-state index contributed by atoms with van der Waals surface area (Å²) in [6, 6.07) is -1.05. The van der Waals surface area contributed by atoms with Gasteiger partial charge >= 0.3 is 11.9 Å². The third-order valence-electron chi connectivity index (χ3n) is 2.17. The number of carbonyl (C=O) groups is 2. The van der Waals surface area contributed by atoms with Crippen LogP contribution in [0.3, 0.4) is 0 Å². The second-order valence-corrected chi connectivity index (χ2v) is 7.46. The molecule has 0 spiro atoms. The van der Waals surface area contributed by atoms with Gasteiger partial charge in [-0.25, -0.2) is 13.1 Å². The lowest BCUT2D eigenvalue weighted by molar-refractivity contribution is -0.158. The molecule has 0 rings (SSSR count). The second-order valence-electron chi connectivity index (χ2n) is 5.71. The van der Waals surface area contributed by atoms with E-state index in [1.807, 2.05) is 0 Å². The summed E-state index contributed by atoms with van der Waals surface area (Å²) in [5.41, 5.74) is -0.724. The molecule has 0 radical (unpaired) electrons. The SMILES string of the molecule is COC(=O)CS(=O)(=O)N[C@@H](C(=O)OC(C)(C)C)C(C)C. The van der Waals surface area contributed by atoms with Crippen LogP contribution in [0, 0.1) is 5.92 Å². The first-order valence-corrected chi connectivity index (χ1v) is 7.83. The number of hydrogen-bond donors (Lipinski definition) is 1. The van der Waals surface area contributed by atoms with Crippen LogP contribution in [-0.4, -0.2) is 44.9 Å². The molecule has 0 unspecified atom stereocenters. The first kappa shape index (κ1) is 18.9. The third kappa shape index (κ3) is 7.44. The molecular weight excluding hydrogens is 286 g/mol. The van der Waals surface area contributed by atoms with Crippen molar-refractivity contribution in [3.05, 3.63) is 0 Å². The van der Waals surface area contributed by atoms with Crippen LogP contribution in [-0.2, 0) is 29.1 Å². The van der Waals surface area contributed by atoms with E-state index in [2.05, 4.69) is 9.46 Å². The molecule has 0 bridgehead atoms. The zero-order valence-corrected chi connectivity index (χ0v) is 13.5. The molecule has 20 heavy (non-hydrogen) atoms. The highest BCUT2D eigenvalue weighted by atomic mass is 32.2. The third-order valence-corrected chi connectivity index (χ3v) is 3.40. The molecule has 118 valence electrons. The van der Waals surface area contributed by atoms with Crippen LogP contribution in [0.2, 0.25) is 0 Å². The van der Waals surface area contributed by atoms with Crippen molar-refractivity contribution in [1.82, 2.24) is 4.72 Å². The highest BCUT2D eigenvalue weighted by Crippen LogP contribution is 2.13. The van der Waals surface area contributed by atoms with E-state index in [1.54, 1.807) is 34.6 Å². The fourth-order valence-corrected chi connectivity index (χ4v) is 2.54. The number of rotatable bonds is 6. The number of carbonyl (C=O) groups excluding carboxylic acids is 2. The molecule has 0 aliphatic heterocycles. The Balaban J connectivity index is 4.96. The molecule has 0 aliphatic rings. The minimum absolute atomic E-state index is 0.322. The molecular formula is C12H23NO6S. The maximum absolute atomic E-state index is 12.0. The van der Waals surface area contributed by atoms with E-state index >= 15 is 0 Å². The zero-order chi connectivity index (χ0) is 16.1. The van der Waals surface area contributed by atoms with Gasteiger partial charge in [0.15, 0.2) is 5.75 Å². The Bertz CT molecular complexity index is 449. The largest absolute Gasteiger partial charge is 0.468 e. The first-order valence-electron chi connectivity index (χ1n) is 6.17. The van der Waals surface area contributed by atoms with Crippen LogP contribution in [0.5, 0.6) is 0 Å². The summed E-state index contributed by atoms with van der Waals surface area (Å²) in [4.78, 5) is 23.0. The number of sulfonamides is 1. The van der Waals surface area contributed by atoms with E-state index < -0.39 is 39.4 Å². The summed E-state index contributed by atoms with van der Waals surface area (Å²) >= 11 is 0. The van der Waals surface area contributed by atoms with Crippen molar-refractivity contribution in [2.45, 2.75) is 46.3 Å². The Hall–Kier alpha value is -1.15. The molecule has 8 heteroatoms. The van der Waals surface area contributed by atoms with E-state index in [0.29, 0.717) is 0 Å². The van der Waals surface area contributed by atoms with Crippen molar-refractivity contribution in [3.63, 3.8) is 0 Å². The number of ether oxygens (including phenoxy) is 2.